The number of hydrogen-bond donors (Lipinski definition) is 2. The van der Waals surface area contributed by atoms with Crippen LogP contribution in [-0.2, 0) is 21.2 Å². The first-order chi connectivity index (χ1) is 15.7. The summed E-state index contributed by atoms with van der Waals surface area (Å²) in [7, 11) is -3.97. The Hall–Kier alpha value is -2.87. The van der Waals surface area contributed by atoms with Crippen molar-refractivity contribution in [2.45, 2.75) is 36.1 Å². The Bertz CT molecular complexity index is 1260. The Morgan fingerprint density at radius 1 is 0.879 bits per heavy atom. The molecule has 6 nitrogen and oxygen atoms in total. The van der Waals surface area contributed by atoms with Gasteiger partial charge in [-0.25, -0.2) is 8.42 Å². The first-order valence-electron chi connectivity index (χ1n) is 10.2. The summed E-state index contributed by atoms with van der Waals surface area (Å²) >= 11 is 11.8. The van der Waals surface area contributed by atoms with Gasteiger partial charge in [-0.3, -0.25) is 9.59 Å². The summed E-state index contributed by atoms with van der Waals surface area (Å²) in [6, 6.07) is 16.9. The molecule has 33 heavy (non-hydrogen) atoms. The van der Waals surface area contributed by atoms with Crippen molar-refractivity contribution in [1.82, 2.24) is 5.32 Å². The van der Waals surface area contributed by atoms with Crippen molar-refractivity contribution >= 4 is 50.5 Å². The zero-order valence-electron chi connectivity index (χ0n) is 17.8. The van der Waals surface area contributed by atoms with E-state index in [-0.39, 0.29) is 39.9 Å². The van der Waals surface area contributed by atoms with Crippen LogP contribution in [0.1, 0.15) is 35.7 Å². The number of amides is 2. The standard InChI is InChI=1S/C24H22Cl2N2O4S/c1-2-3-23(29)28-21-14-17(24(30)27-15-16-4-7-18(25)8-5-16)6-13-22(21)33(31,32)20-11-9-19(26)10-12-20/h4-14H,2-3,15H2,1H3,(H,27,30)(H,28,29). The molecule has 0 radical (unpaired) electrons. The van der Waals surface area contributed by atoms with E-state index in [0.717, 1.165) is 5.56 Å². The summed E-state index contributed by atoms with van der Waals surface area (Å²) in [6.07, 6.45) is 0.805. The Labute approximate surface area is 202 Å². The van der Waals surface area contributed by atoms with Crippen molar-refractivity contribution in [3.05, 3.63) is 87.9 Å². The van der Waals surface area contributed by atoms with Gasteiger partial charge in [-0.2, -0.15) is 0 Å². The molecule has 0 saturated carbocycles. The number of sulfone groups is 1. The predicted molar refractivity (Wildman–Crippen MR) is 130 cm³/mol. The average molecular weight is 505 g/mol. The summed E-state index contributed by atoms with van der Waals surface area (Å²) in [6.45, 7) is 2.10. The highest BCUT2D eigenvalue weighted by Crippen LogP contribution is 2.30. The fraction of sp³-hybridized carbons (Fsp3) is 0.167. The molecular weight excluding hydrogens is 483 g/mol. The third-order valence-electron chi connectivity index (χ3n) is 4.77. The van der Waals surface area contributed by atoms with Crippen molar-refractivity contribution in [2.24, 2.45) is 0 Å². The summed E-state index contributed by atoms with van der Waals surface area (Å²) in [5.74, 6) is -0.754. The molecule has 3 aromatic carbocycles. The maximum atomic E-state index is 13.2. The molecule has 9 heteroatoms. The number of nitrogens with one attached hydrogen (secondary N) is 2. The van der Waals surface area contributed by atoms with Crippen LogP contribution in [0.4, 0.5) is 5.69 Å². The fourth-order valence-corrected chi connectivity index (χ4v) is 4.72. The minimum atomic E-state index is -3.97. The van der Waals surface area contributed by atoms with E-state index in [1.165, 1.54) is 42.5 Å². The molecule has 0 aromatic heterocycles. The van der Waals surface area contributed by atoms with Gasteiger partial charge in [0.2, 0.25) is 15.7 Å². The third-order valence-corrected chi connectivity index (χ3v) is 7.10. The van der Waals surface area contributed by atoms with E-state index in [1.54, 1.807) is 24.3 Å². The second kappa shape index (κ2) is 10.8. The molecular formula is C24H22Cl2N2O4S. The van der Waals surface area contributed by atoms with Gasteiger partial charge in [0, 0.05) is 28.6 Å². The van der Waals surface area contributed by atoms with Gasteiger partial charge in [0.25, 0.3) is 5.91 Å². The van der Waals surface area contributed by atoms with E-state index in [9.17, 15) is 18.0 Å². The first kappa shape index (κ1) is 24.8. The molecule has 0 heterocycles. The van der Waals surface area contributed by atoms with E-state index >= 15 is 0 Å². The maximum absolute atomic E-state index is 13.2. The monoisotopic (exact) mass is 504 g/mol. The molecule has 172 valence electrons. The van der Waals surface area contributed by atoms with Crippen LogP contribution in [-0.4, -0.2) is 20.2 Å². The maximum Gasteiger partial charge on any atom is 0.251 e. The Morgan fingerprint density at radius 3 is 2.09 bits per heavy atom. The summed E-state index contributed by atoms with van der Waals surface area (Å²) in [5, 5.41) is 6.41. The van der Waals surface area contributed by atoms with E-state index in [0.29, 0.717) is 16.5 Å². The minimum absolute atomic E-state index is 0.0258. The molecule has 0 bridgehead atoms. The van der Waals surface area contributed by atoms with Gasteiger partial charge in [-0.05, 0) is 66.6 Å². The van der Waals surface area contributed by atoms with Crippen LogP contribution in [0.25, 0.3) is 0 Å². The highest BCUT2D eigenvalue weighted by atomic mass is 35.5. The molecule has 2 amide bonds. The average Bonchev–Trinajstić information content (AvgIpc) is 2.78. The van der Waals surface area contributed by atoms with E-state index in [1.807, 2.05) is 6.92 Å². The lowest BCUT2D eigenvalue weighted by atomic mass is 10.1. The molecule has 0 aliphatic carbocycles. The molecule has 0 fully saturated rings. The number of rotatable bonds is 8. The highest BCUT2D eigenvalue weighted by molar-refractivity contribution is 7.91. The van der Waals surface area contributed by atoms with Crippen LogP contribution in [0.3, 0.4) is 0 Å². The number of hydrogen-bond acceptors (Lipinski definition) is 4. The van der Waals surface area contributed by atoms with Crippen LogP contribution < -0.4 is 10.6 Å². The quantitative estimate of drug-likeness (QED) is 0.423. The van der Waals surface area contributed by atoms with Crippen molar-refractivity contribution < 1.29 is 18.0 Å². The fourth-order valence-electron chi connectivity index (χ4n) is 3.07. The normalized spacial score (nSPS) is 11.1. The lowest BCUT2D eigenvalue weighted by Crippen LogP contribution is -2.23. The molecule has 3 aromatic rings. The smallest absolute Gasteiger partial charge is 0.251 e. The molecule has 0 aliphatic heterocycles. The predicted octanol–water partition coefficient (Wildman–Crippen LogP) is 5.49. The molecule has 2 N–H and O–H groups in total. The van der Waals surface area contributed by atoms with Crippen molar-refractivity contribution in [3.8, 4) is 0 Å². The molecule has 0 atom stereocenters. The number of halogens is 2. The molecule has 3 rings (SSSR count). The molecule has 0 spiro atoms. The van der Waals surface area contributed by atoms with Crippen LogP contribution >= 0.6 is 23.2 Å². The Kier molecular flexibility index (Phi) is 8.13. The zero-order chi connectivity index (χ0) is 24.0. The lowest BCUT2D eigenvalue weighted by Gasteiger charge is -2.14. The SMILES string of the molecule is CCCC(=O)Nc1cc(C(=O)NCc2ccc(Cl)cc2)ccc1S(=O)(=O)c1ccc(Cl)cc1. The Morgan fingerprint density at radius 2 is 1.48 bits per heavy atom. The second-order valence-electron chi connectivity index (χ2n) is 7.28. The number of carbonyl (C=O) groups is 2. The highest BCUT2D eigenvalue weighted by Gasteiger charge is 2.23. The molecule has 0 saturated heterocycles. The van der Waals surface area contributed by atoms with Gasteiger partial charge < -0.3 is 10.6 Å². The van der Waals surface area contributed by atoms with E-state index in [2.05, 4.69) is 10.6 Å². The van der Waals surface area contributed by atoms with E-state index < -0.39 is 15.7 Å². The largest absolute Gasteiger partial charge is 0.348 e. The van der Waals surface area contributed by atoms with Crippen LogP contribution in [0.5, 0.6) is 0 Å². The van der Waals surface area contributed by atoms with Crippen LogP contribution in [0.2, 0.25) is 10.0 Å². The van der Waals surface area contributed by atoms with Gasteiger partial charge in [0.1, 0.15) is 0 Å². The minimum Gasteiger partial charge on any atom is -0.348 e. The zero-order valence-corrected chi connectivity index (χ0v) is 20.1. The summed E-state index contributed by atoms with van der Waals surface area (Å²) < 4.78 is 26.4. The number of benzene rings is 3. The second-order valence-corrected chi connectivity index (χ2v) is 10.1. The Balaban J connectivity index is 1.92. The molecule has 0 aliphatic rings. The van der Waals surface area contributed by atoms with Crippen molar-refractivity contribution in [1.29, 1.82) is 0 Å². The van der Waals surface area contributed by atoms with Crippen molar-refractivity contribution in [3.63, 3.8) is 0 Å². The van der Waals surface area contributed by atoms with Crippen molar-refractivity contribution in [2.75, 3.05) is 5.32 Å². The number of anilines is 1. The number of carbonyl (C=O) groups excluding carboxylic acids is 2. The van der Waals surface area contributed by atoms with Gasteiger partial charge in [0.05, 0.1) is 15.5 Å². The summed E-state index contributed by atoms with van der Waals surface area (Å²) in [4.78, 5) is 24.9. The van der Waals surface area contributed by atoms with Gasteiger partial charge in [-0.15, -0.1) is 0 Å². The van der Waals surface area contributed by atoms with E-state index in [4.69, 9.17) is 23.2 Å². The molecule has 0 unspecified atom stereocenters. The van der Waals surface area contributed by atoms with Crippen LogP contribution in [0, 0.1) is 0 Å². The van der Waals surface area contributed by atoms with Crippen LogP contribution in [0.15, 0.2) is 76.5 Å². The summed E-state index contributed by atoms with van der Waals surface area (Å²) in [5.41, 5.74) is 1.11. The van der Waals surface area contributed by atoms with Gasteiger partial charge in [0.15, 0.2) is 0 Å². The topological polar surface area (TPSA) is 92.3 Å². The van der Waals surface area contributed by atoms with Gasteiger partial charge >= 0.3 is 0 Å². The lowest BCUT2D eigenvalue weighted by molar-refractivity contribution is -0.116. The van der Waals surface area contributed by atoms with Gasteiger partial charge in [-0.1, -0.05) is 42.3 Å². The third kappa shape index (κ3) is 6.35. The first-order valence-corrected chi connectivity index (χ1v) is 12.4.